The topological polar surface area (TPSA) is 13.1 Å². The highest BCUT2D eigenvalue weighted by Gasteiger charge is 2.34. The minimum atomic E-state index is -0.224. The number of aromatic nitrogens is 1. The predicted molar refractivity (Wildman–Crippen MR) is 124 cm³/mol. The summed E-state index contributed by atoms with van der Waals surface area (Å²) in [7, 11) is 2.08. The molecule has 1 aromatic heterocycles. The van der Waals surface area contributed by atoms with Gasteiger partial charge in [-0.1, -0.05) is 50.2 Å². The Balaban J connectivity index is 1.88. The monoisotopic (exact) mass is 408 g/mol. The van der Waals surface area contributed by atoms with Crippen molar-refractivity contribution in [3.05, 3.63) is 77.7 Å². The van der Waals surface area contributed by atoms with Gasteiger partial charge in [0.25, 0.3) is 0 Å². The Morgan fingerprint density at radius 2 is 1.61 bits per heavy atom. The Morgan fingerprint density at radius 1 is 0.871 bits per heavy atom. The Bertz CT molecular complexity index is 1570. The summed E-state index contributed by atoms with van der Waals surface area (Å²) in [6, 6.07) is 17.8. The third kappa shape index (κ3) is 2.35. The summed E-state index contributed by atoms with van der Waals surface area (Å²) < 4.78 is 23.6. The van der Waals surface area contributed by atoms with E-state index in [0.29, 0.717) is 5.39 Å². The summed E-state index contributed by atoms with van der Waals surface area (Å²) in [5.41, 5.74) is 4.68. The van der Waals surface area contributed by atoms with E-state index >= 15 is 0 Å². The van der Waals surface area contributed by atoms with E-state index in [0.717, 1.165) is 38.9 Å². The van der Waals surface area contributed by atoms with Crippen LogP contribution in [0.3, 0.4) is 0 Å². The number of halogens is 1. The number of pyridine rings is 1. The number of fused-ring (bicyclic) bond motifs is 5. The molecule has 0 bridgehead atoms. The quantitative estimate of drug-likeness (QED) is 0.205. The molecule has 152 valence electrons. The number of hydrogen-bond acceptors (Lipinski definition) is 1. The molecule has 0 atom stereocenters. The molecule has 0 fully saturated rings. The lowest BCUT2D eigenvalue weighted by molar-refractivity contribution is -0.659. The van der Waals surface area contributed by atoms with Crippen molar-refractivity contribution in [2.24, 2.45) is 7.05 Å². The molecular weight excluding hydrogens is 385 g/mol. The van der Waals surface area contributed by atoms with Crippen LogP contribution in [0, 0.1) is 12.7 Å². The molecule has 0 amide bonds. The molecule has 0 unspecified atom stereocenters. The Hall–Kier alpha value is -3.46. The molecule has 1 aliphatic heterocycles. The second-order valence-corrected chi connectivity index (χ2v) is 8.82. The number of aryl methyl sites for hydroxylation is 2. The third-order valence-electron chi connectivity index (χ3n) is 6.68. The molecule has 4 aromatic carbocycles. The van der Waals surface area contributed by atoms with Crippen molar-refractivity contribution in [2.75, 3.05) is 0 Å². The average molecular weight is 408 g/mol. The lowest BCUT2D eigenvalue weighted by Gasteiger charge is -2.26. The van der Waals surface area contributed by atoms with Gasteiger partial charge in [0.2, 0.25) is 5.69 Å². The maximum Gasteiger partial charge on any atom is 0.228 e. The molecule has 5 aromatic rings. The van der Waals surface area contributed by atoms with Crippen molar-refractivity contribution in [2.45, 2.75) is 26.7 Å². The van der Waals surface area contributed by atoms with Crippen LogP contribution in [0.2, 0.25) is 0 Å². The number of ether oxygens (including phenoxy) is 1. The third-order valence-corrected chi connectivity index (χ3v) is 6.68. The maximum absolute atomic E-state index is 14.7. The second-order valence-electron chi connectivity index (χ2n) is 8.82. The molecular formula is C28H23FNO+. The zero-order valence-electron chi connectivity index (χ0n) is 18.1. The summed E-state index contributed by atoms with van der Waals surface area (Å²) in [6.45, 7) is 6.59. The Kier molecular flexibility index (Phi) is 3.71. The Labute approximate surface area is 180 Å². The lowest BCUT2D eigenvalue weighted by atomic mass is 9.85. The summed E-state index contributed by atoms with van der Waals surface area (Å²) >= 11 is 0. The molecule has 0 radical (unpaired) electrons. The van der Waals surface area contributed by atoms with Crippen LogP contribution < -0.4 is 9.30 Å². The maximum atomic E-state index is 14.7. The van der Waals surface area contributed by atoms with Crippen molar-refractivity contribution in [3.63, 3.8) is 0 Å². The molecule has 1 aliphatic rings. The van der Waals surface area contributed by atoms with Gasteiger partial charge in [-0.3, -0.25) is 0 Å². The van der Waals surface area contributed by atoms with Crippen LogP contribution in [-0.4, -0.2) is 0 Å². The first-order valence-electron chi connectivity index (χ1n) is 10.7. The molecule has 31 heavy (non-hydrogen) atoms. The summed E-state index contributed by atoms with van der Waals surface area (Å²) in [5.74, 6) is 1.68. The van der Waals surface area contributed by atoms with Gasteiger partial charge < -0.3 is 4.74 Å². The second kappa shape index (κ2) is 6.27. The van der Waals surface area contributed by atoms with Crippen LogP contribution in [-0.2, 0) is 7.05 Å². The van der Waals surface area contributed by atoms with Crippen LogP contribution in [0.15, 0.2) is 60.8 Å². The minimum absolute atomic E-state index is 0.224. The summed E-state index contributed by atoms with van der Waals surface area (Å²) in [6.07, 6.45) is 2.07. The van der Waals surface area contributed by atoms with Gasteiger partial charge in [0.1, 0.15) is 24.4 Å². The molecule has 0 saturated heterocycles. The van der Waals surface area contributed by atoms with E-state index < -0.39 is 0 Å². The fourth-order valence-electron chi connectivity index (χ4n) is 5.31. The largest absolute Gasteiger partial charge is 0.455 e. The molecule has 0 N–H and O–H groups in total. The van der Waals surface area contributed by atoms with Gasteiger partial charge in [0.05, 0.1) is 10.9 Å². The first-order valence-corrected chi connectivity index (χ1v) is 10.7. The molecule has 2 nitrogen and oxygen atoms in total. The lowest BCUT2D eigenvalue weighted by Crippen LogP contribution is -2.32. The van der Waals surface area contributed by atoms with Crippen LogP contribution in [0.4, 0.5) is 4.39 Å². The molecule has 0 spiro atoms. The molecule has 3 heteroatoms. The smallest absolute Gasteiger partial charge is 0.228 e. The van der Waals surface area contributed by atoms with Crippen LogP contribution in [0.25, 0.3) is 43.6 Å². The van der Waals surface area contributed by atoms with Gasteiger partial charge in [-0.15, -0.1) is 0 Å². The van der Waals surface area contributed by atoms with E-state index in [4.69, 9.17) is 4.74 Å². The van der Waals surface area contributed by atoms with Crippen LogP contribution in [0.1, 0.15) is 30.9 Å². The number of hydrogen-bond donors (Lipinski definition) is 0. The standard InChI is InChI=1S/C28H23FNO/c1-15(2)24-19-9-6-5-8-17(19)16(3)25-27-26-20(12-13-30(27)4)18-10-7-11-22(29)21(18)14-23(26)31-28(24)25/h5-15H,1-4H3/q+1. The van der Waals surface area contributed by atoms with Crippen molar-refractivity contribution in [1.29, 1.82) is 0 Å². The number of benzene rings is 4. The highest BCUT2D eigenvalue weighted by atomic mass is 19.1. The van der Waals surface area contributed by atoms with Gasteiger partial charge in [0.15, 0.2) is 6.20 Å². The van der Waals surface area contributed by atoms with E-state index in [1.807, 2.05) is 12.1 Å². The van der Waals surface area contributed by atoms with Gasteiger partial charge in [0, 0.05) is 22.4 Å². The zero-order valence-corrected chi connectivity index (χ0v) is 18.1. The van der Waals surface area contributed by atoms with Gasteiger partial charge in [-0.2, -0.15) is 0 Å². The van der Waals surface area contributed by atoms with Crippen molar-refractivity contribution >= 4 is 32.3 Å². The summed E-state index contributed by atoms with van der Waals surface area (Å²) in [5, 5.41) is 6.04. The van der Waals surface area contributed by atoms with E-state index in [9.17, 15) is 4.39 Å². The van der Waals surface area contributed by atoms with Crippen molar-refractivity contribution < 1.29 is 13.7 Å². The van der Waals surface area contributed by atoms with Gasteiger partial charge in [-0.05, 0) is 46.7 Å². The fraction of sp³-hybridized carbons (Fsp3) is 0.179. The normalized spacial score (nSPS) is 12.6. The van der Waals surface area contributed by atoms with Gasteiger partial charge >= 0.3 is 0 Å². The minimum Gasteiger partial charge on any atom is -0.455 e. The number of nitrogens with zero attached hydrogens (tertiary/aromatic N) is 1. The van der Waals surface area contributed by atoms with Crippen molar-refractivity contribution in [1.82, 2.24) is 0 Å². The number of rotatable bonds is 1. The fourth-order valence-corrected chi connectivity index (χ4v) is 5.31. The van der Waals surface area contributed by atoms with Crippen molar-refractivity contribution in [3.8, 4) is 22.8 Å². The molecule has 6 rings (SSSR count). The zero-order chi connectivity index (χ0) is 21.4. The first-order chi connectivity index (χ1) is 15.0. The van der Waals surface area contributed by atoms with E-state index in [2.05, 4.69) is 68.9 Å². The average Bonchev–Trinajstić information content (AvgIpc) is 2.75. The molecule has 2 heterocycles. The van der Waals surface area contributed by atoms with Crippen LogP contribution in [0.5, 0.6) is 11.5 Å². The first kappa shape index (κ1) is 18.3. The Morgan fingerprint density at radius 3 is 2.39 bits per heavy atom. The van der Waals surface area contributed by atoms with Gasteiger partial charge in [-0.25, -0.2) is 8.96 Å². The van der Waals surface area contributed by atoms with E-state index in [-0.39, 0.29) is 11.7 Å². The van der Waals surface area contributed by atoms with Crippen LogP contribution >= 0.6 is 0 Å². The molecule has 0 saturated carbocycles. The SMILES string of the molecule is Cc1c2c(c(C(C)C)c3ccccc13)Oc1cc3c(F)cccc3c3cc[n+](C)c-2c13. The predicted octanol–water partition coefficient (Wildman–Crippen LogP) is 7.31. The summed E-state index contributed by atoms with van der Waals surface area (Å²) in [4.78, 5) is 0. The molecule has 0 aliphatic carbocycles. The van der Waals surface area contributed by atoms with E-state index in [1.54, 1.807) is 6.07 Å². The highest BCUT2D eigenvalue weighted by molar-refractivity contribution is 6.16. The highest BCUT2D eigenvalue weighted by Crippen LogP contribution is 2.53. The van der Waals surface area contributed by atoms with E-state index in [1.165, 1.54) is 28.0 Å².